The number of hydrogen-bond donors (Lipinski definition) is 1. The molecule has 1 aliphatic rings. The Morgan fingerprint density at radius 1 is 1.75 bits per heavy atom. The minimum Gasteiger partial charge on any atom is -0.292 e. The lowest BCUT2D eigenvalue weighted by atomic mass is 10.6. The van der Waals surface area contributed by atoms with Crippen LogP contribution < -0.4 is 4.72 Å². The molecule has 0 aromatic carbocycles. The number of halogens is 1. The van der Waals surface area contributed by atoms with E-state index in [0.29, 0.717) is 5.16 Å². The number of hydrogen-bond acceptors (Lipinski definition) is 1. The molecule has 4 heteroatoms. The zero-order valence-corrected chi connectivity index (χ0v) is 5.50. The molecule has 0 bridgehead atoms. The highest BCUT2D eigenvalue weighted by Gasteiger charge is 1.97. The van der Waals surface area contributed by atoms with Gasteiger partial charge in [0.05, 0.1) is 0 Å². The van der Waals surface area contributed by atoms with E-state index in [-0.39, 0.29) is 0 Å². The Hall–Kier alpha value is -0.280. The van der Waals surface area contributed by atoms with Crippen LogP contribution >= 0.6 is 11.6 Å². The molecule has 0 aromatic heterocycles. The molecule has 44 valence electrons. The molecule has 8 heavy (non-hydrogen) atoms. The zero-order chi connectivity index (χ0) is 5.98. The Morgan fingerprint density at radius 2 is 2.50 bits per heavy atom. The van der Waals surface area contributed by atoms with Crippen molar-refractivity contribution in [2.24, 2.45) is 0 Å². The number of rotatable bonds is 0. The van der Waals surface area contributed by atoms with E-state index in [2.05, 4.69) is 4.72 Å². The Bertz CT molecular complexity index is 175. The molecule has 0 saturated carbocycles. The summed E-state index contributed by atoms with van der Waals surface area (Å²) in [6.07, 6.45) is 3.29. The van der Waals surface area contributed by atoms with Gasteiger partial charge in [0, 0.05) is 5.41 Å². The molecule has 1 N–H and O–H groups in total. The maximum Gasteiger partial charge on any atom is 0.143 e. The lowest BCUT2D eigenvalue weighted by Gasteiger charge is -2.01. The fourth-order valence-corrected chi connectivity index (χ4v) is 1.21. The highest BCUT2D eigenvalue weighted by atomic mass is 35.5. The van der Waals surface area contributed by atoms with Gasteiger partial charge < -0.3 is 0 Å². The standard InChI is InChI=1S/C4H4ClNOS/c5-4-2-1-3-8(7)6-4/h1-3,6H. The van der Waals surface area contributed by atoms with Crippen LogP contribution in [0.2, 0.25) is 0 Å². The fraction of sp³-hybridized carbons (Fsp3) is 0. The van der Waals surface area contributed by atoms with Crippen LogP contribution in [0.3, 0.4) is 0 Å². The maximum absolute atomic E-state index is 10.5. The third-order valence-corrected chi connectivity index (χ3v) is 1.80. The minimum absolute atomic E-state index is 0.422. The molecule has 0 radical (unpaired) electrons. The van der Waals surface area contributed by atoms with Crippen LogP contribution in [0.5, 0.6) is 0 Å². The van der Waals surface area contributed by atoms with Crippen molar-refractivity contribution in [2.45, 2.75) is 0 Å². The summed E-state index contributed by atoms with van der Waals surface area (Å²) in [5.41, 5.74) is 0. The predicted octanol–water partition coefficient (Wildman–Crippen LogP) is 0.847. The minimum atomic E-state index is -1.10. The van der Waals surface area contributed by atoms with Gasteiger partial charge in [-0.25, -0.2) is 4.21 Å². The highest BCUT2D eigenvalue weighted by Crippen LogP contribution is 2.02. The molecule has 0 aromatic rings. The van der Waals surface area contributed by atoms with Crippen LogP contribution in [0.4, 0.5) is 0 Å². The topological polar surface area (TPSA) is 29.1 Å². The van der Waals surface area contributed by atoms with Crippen LogP contribution in [0.15, 0.2) is 22.7 Å². The van der Waals surface area contributed by atoms with E-state index in [1.165, 1.54) is 5.41 Å². The number of allylic oxidation sites excluding steroid dienone is 2. The summed E-state index contributed by atoms with van der Waals surface area (Å²) in [7, 11) is -1.10. The fourth-order valence-electron chi connectivity index (χ4n) is 0.359. The van der Waals surface area contributed by atoms with Crippen molar-refractivity contribution < 1.29 is 4.21 Å². The van der Waals surface area contributed by atoms with E-state index in [1.54, 1.807) is 12.2 Å². The molecule has 2 nitrogen and oxygen atoms in total. The Morgan fingerprint density at radius 3 is 2.88 bits per heavy atom. The van der Waals surface area contributed by atoms with Crippen LogP contribution in [0, 0.1) is 0 Å². The largest absolute Gasteiger partial charge is 0.292 e. The summed E-state index contributed by atoms with van der Waals surface area (Å²) < 4.78 is 13.0. The smallest absolute Gasteiger partial charge is 0.143 e. The lowest BCUT2D eigenvalue weighted by Crippen LogP contribution is -2.12. The van der Waals surface area contributed by atoms with Crippen LogP contribution in [0.1, 0.15) is 0 Å². The zero-order valence-electron chi connectivity index (χ0n) is 3.93. The SMILES string of the molecule is O=S1C=CC=C(Cl)N1. The van der Waals surface area contributed by atoms with E-state index >= 15 is 0 Å². The first kappa shape index (κ1) is 5.85. The number of nitrogens with one attached hydrogen (secondary N) is 1. The van der Waals surface area contributed by atoms with Gasteiger partial charge in [0.15, 0.2) is 0 Å². The predicted molar refractivity (Wildman–Crippen MR) is 34.4 cm³/mol. The van der Waals surface area contributed by atoms with E-state index in [1.807, 2.05) is 0 Å². The van der Waals surface area contributed by atoms with Gasteiger partial charge in [0.2, 0.25) is 0 Å². The van der Waals surface area contributed by atoms with Crippen molar-refractivity contribution in [1.82, 2.24) is 4.72 Å². The summed E-state index contributed by atoms with van der Waals surface area (Å²) in [4.78, 5) is 0. The van der Waals surface area contributed by atoms with Crippen molar-refractivity contribution in [3.05, 3.63) is 22.7 Å². The van der Waals surface area contributed by atoms with E-state index < -0.39 is 11.0 Å². The maximum atomic E-state index is 10.5. The summed E-state index contributed by atoms with van der Waals surface area (Å²) in [6, 6.07) is 0. The first-order valence-corrected chi connectivity index (χ1v) is 3.59. The summed E-state index contributed by atoms with van der Waals surface area (Å²) in [5, 5.41) is 1.94. The van der Waals surface area contributed by atoms with Gasteiger partial charge in [-0.2, -0.15) is 0 Å². The molecule has 1 rings (SSSR count). The third kappa shape index (κ3) is 1.35. The first-order valence-electron chi connectivity index (χ1n) is 2.00. The quantitative estimate of drug-likeness (QED) is 0.509. The molecular formula is C4H4ClNOS. The van der Waals surface area contributed by atoms with Crippen molar-refractivity contribution >= 4 is 22.6 Å². The van der Waals surface area contributed by atoms with Crippen molar-refractivity contribution in [3.63, 3.8) is 0 Å². The second-order valence-corrected chi connectivity index (χ2v) is 2.72. The third-order valence-electron chi connectivity index (χ3n) is 0.643. The molecule has 0 saturated heterocycles. The average Bonchev–Trinajstić information content (AvgIpc) is 1.64. The highest BCUT2D eigenvalue weighted by molar-refractivity contribution is 7.86. The normalized spacial score (nSPS) is 26.6. The summed E-state index contributed by atoms with van der Waals surface area (Å²) >= 11 is 5.42. The molecule has 0 amide bonds. The average molecular weight is 150 g/mol. The Kier molecular flexibility index (Phi) is 1.70. The van der Waals surface area contributed by atoms with Crippen molar-refractivity contribution in [1.29, 1.82) is 0 Å². The summed E-state index contributed by atoms with van der Waals surface area (Å²) in [6.45, 7) is 0. The van der Waals surface area contributed by atoms with E-state index in [0.717, 1.165) is 0 Å². The van der Waals surface area contributed by atoms with Crippen LogP contribution in [-0.4, -0.2) is 4.21 Å². The van der Waals surface area contributed by atoms with E-state index in [9.17, 15) is 4.21 Å². The molecule has 1 heterocycles. The van der Waals surface area contributed by atoms with Crippen molar-refractivity contribution in [2.75, 3.05) is 0 Å². The molecule has 1 aliphatic heterocycles. The molecule has 0 aliphatic carbocycles. The second-order valence-electron chi connectivity index (χ2n) is 1.24. The van der Waals surface area contributed by atoms with Gasteiger partial charge in [-0.3, -0.25) is 4.72 Å². The summed E-state index contributed by atoms with van der Waals surface area (Å²) in [5.74, 6) is 0. The molecular weight excluding hydrogens is 146 g/mol. The molecule has 1 atom stereocenters. The van der Waals surface area contributed by atoms with Gasteiger partial charge >= 0.3 is 0 Å². The second kappa shape index (κ2) is 2.33. The Balaban J connectivity index is 2.73. The van der Waals surface area contributed by atoms with Gasteiger partial charge in [-0.05, 0) is 12.2 Å². The van der Waals surface area contributed by atoms with Crippen LogP contribution in [0.25, 0.3) is 0 Å². The van der Waals surface area contributed by atoms with Crippen molar-refractivity contribution in [3.8, 4) is 0 Å². The van der Waals surface area contributed by atoms with Gasteiger partial charge in [-0.15, -0.1) is 0 Å². The van der Waals surface area contributed by atoms with Gasteiger partial charge in [0.1, 0.15) is 16.1 Å². The monoisotopic (exact) mass is 149 g/mol. The lowest BCUT2D eigenvalue weighted by molar-refractivity contribution is 0.684. The van der Waals surface area contributed by atoms with Gasteiger partial charge in [0.25, 0.3) is 0 Å². The van der Waals surface area contributed by atoms with E-state index in [4.69, 9.17) is 11.6 Å². The molecule has 0 fully saturated rings. The first-order chi connectivity index (χ1) is 3.79. The van der Waals surface area contributed by atoms with Crippen LogP contribution in [-0.2, 0) is 11.0 Å². The Labute approximate surface area is 54.8 Å². The molecule has 0 spiro atoms. The molecule has 1 unspecified atom stereocenters. The van der Waals surface area contributed by atoms with Gasteiger partial charge in [-0.1, -0.05) is 11.6 Å².